The predicted octanol–water partition coefficient (Wildman–Crippen LogP) is 3.45. The molecule has 0 radical (unpaired) electrons. The van der Waals surface area contributed by atoms with Gasteiger partial charge in [-0.25, -0.2) is 4.39 Å². The van der Waals surface area contributed by atoms with Gasteiger partial charge in [-0.15, -0.1) is 0 Å². The number of amides is 1. The molecule has 0 bridgehead atoms. The first kappa shape index (κ1) is 17.2. The van der Waals surface area contributed by atoms with Crippen molar-refractivity contribution in [1.82, 2.24) is 10.6 Å². The first-order chi connectivity index (χ1) is 10.1. The first-order valence-electron chi connectivity index (χ1n) is 7.60. The second-order valence-corrected chi connectivity index (χ2v) is 7.85. The number of carbonyl (C=O) groups excluding carboxylic acids is 1. The molecule has 1 amide bonds. The van der Waals surface area contributed by atoms with E-state index in [1.165, 1.54) is 12.1 Å². The summed E-state index contributed by atoms with van der Waals surface area (Å²) in [5, 5.41) is 6.89. The standard InChI is InChI=1S/C17H24ClFN2O/c1-16(2)9-11(10-17(3,4)21-16)20-15(22)8-12-13(18)6-5-7-14(12)19/h5-7,11,21H,8-10H2,1-4H3,(H,20,22). The summed E-state index contributed by atoms with van der Waals surface area (Å²) < 4.78 is 13.8. The van der Waals surface area contributed by atoms with Crippen LogP contribution in [0.15, 0.2) is 18.2 Å². The topological polar surface area (TPSA) is 41.1 Å². The Bertz CT molecular complexity index is 536. The van der Waals surface area contributed by atoms with Gasteiger partial charge in [-0.2, -0.15) is 0 Å². The molecule has 1 saturated heterocycles. The number of rotatable bonds is 3. The minimum absolute atomic E-state index is 0.0315. The van der Waals surface area contributed by atoms with Crippen LogP contribution < -0.4 is 10.6 Å². The fourth-order valence-corrected chi connectivity index (χ4v) is 3.79. The largest absolute Gasteiger partial charge is 0.353 e. The van der Waals surface area contributed by atoms with Gasteiger partial charge in [0.05, 0.1) is 6.42 Å². The maximum atomic E-state index is 13.8. The van der Waals surface area contributed by atoms with Crippen LogP contribution in [0.3, 0.4) is 0 Å². The number of benzene rings is 1. The molecule has 1 aliphatic rings. The molecule has 0 aromatic heterocycles. The van der Waals surface area contributed by atoms with E-state index in [9.17, 15) is 9.18 Å². The molecule has 0 unspecified atom stereocenters. The van der Waals surface area contributed by atoms with Gasteiger partial charge in [0.25, 0.3) is 0 Å². The highest BCUT2D eigenvalue weighted by Gasteiger charge is 2.38. The van der Waals surface area contributed by atoms with Crippen LogP contribution in [0.1, 0.15) is 46.1 Å². The number of nitrogens with one attached hydrogen (secondary N) is 2. The van der Waals surface area contributed by atoms with Gasteiger partial charge < -0.3 is 10.6 Å². The molecule has 1 aromatic carbocycles. The monoisotopic (exact) mass is 326 g/mol. The number of hydrogen-bond donors (Lipinski definition) is 2. The van der Waals surface area contributed by atoms with Crippen molar-refractivity contribution >= 4 is 17.5 Å². The maximum absolute atomic E-state index is 13.8. The fourth-order valence-electron chi connectivity index (χ4n) is 3.56. The minimum atomic E-state index is -0.436. The van der Waals surface area contributed by atoms with E-state index in [1.54, 1.807) is 6.07 Å². The Labute approximate surface area is 136 Å². The zero-order valence-corrected chi connectivity index (χ0v) is 14.4. The number of halogens is 2. The van der Waals surface area contributed by atoms with Crippen molar-refractivity contribution < 1.29 is 9.18 Å². The molecule has 1 heterocycles. The Morgan fingerprint density at radius 3 is 2.45 bits per heavy atom. The first-order valence-corrected chi connectivity index (χ1v) is 7.97. The molecule has 0 aliphatic carbocycles. The molecule has 3 nitrogen and oxygen atoms in total. The quantitative estimate of drug-likeness (QED) is 0.893. The van der Waals surface area contributed by atoms with Gasteiger partial charge in [-0.1, -0.05) is 17.7 Å². The molecule has 2 rings (SSSR count). The highest BCUT2D eigenvalue weighted by molar-refractivity contribution is 6.31. The Morgan fingerprint density at radius 1 is 1.32 bits per heavy atom. The molecule has 2 N–H and O–H groups in total. The van der Waals surface area contributed by atoms with E-state index in [0.29, 0.717) is 5.02 Å². The van der Waals surface area contributed by atoms with Crippen LogP contribution in [-0.2, 0) is 11.2 Å². The van der Waals surface area contributed by atoms with Gasteiger partial charge >= 0.3 is 0 Å². The van der Waals surface area contributed by atoms with E-state index in [2.05, 4.69) is 38.3 Å². The van der Waals surface area contributed by atoms with Crippen molar-refractivity contribution in [3.63, 3.8) is 0 Å². The van der Waals surface area contributed by atoms with Crippen molar-refractivity contribution in [1.29, 1.82) is 0 Å². The van der Waals surface area contributed by atoms with Crippen LogP contribution in [0.4, 0.5) is 4.39 Å². The van der Waals surface area contributed by atoms with Crippen molar-refractivity contribution in [2.24, 2.45) is 0 Å². The van der Waals surface area contributed by atoms with Crippen LogP contribution in [-0.4, -0.2) is 23.0 Å². The summed E-state index contributed by atoms with van der Waals surface area (Å²) in [4.78, 5) is 12.3. The lowest BCUT2D eigenvalue weighted by Crippen LogP contribution is -2.62. The molecule has 0 spiro atoms. The van der Waals surface area contributed by atoms with Gasteiger partial charge in [0.1, 0.15) is 5.82 Å². The van der Waals surface area contributed by atoms with E-state index >= 15 is 0 Å². The Balaban J connectivity index is 2.03. The average Bonchev–Trinajstić information content (AvgIpc) is 2.29. The van der Waals surface area contributed by atoms with E-state index in [1.807, 2.05) is 0 Å². The van der Waals surface area contributed by atoms with Crippen LogP contribution in [0.5, 0.6) is 0 Å². The molecule has 0 atom stereocenters. The van der Waals surface area contributed by atoms with Crippen molar-refractivity contribution in [3.8, 4) is 0 Å². The second kappa shape index (κ2) is 6.17. The number of piperidine rings is 1. The number of hydrogen-bond acceptors (Lipinski definition) is 2. The summed E-state index contributed by atoms with van der Waals surface area (Å²) >= 11 is 5.98. The summed E-state index contributed by atoms with van der Waals surface area (Å²) in [5.74, 6) is -0.626. The lowest BCUT2D eigenvalue weighted by Gasteiger charge is -2.46. The molecule has 1 aromatic rings. The normalized spacial score (nSPS) is 20.6. The summed E-state index contributed by atoms with van der Waals surface area (Å²) in [6.07, 6.45) is 1.65. The Kier molecular flexibility index (Phi) is 4.83. The summed E-state index contributed by atoms with van der Waals surface area (Å²) in [6, 6.07) is 4.54. The van der Waals surface area contributed by atoms with E-state index in [0.717, 1.165) is 12.8 Å². The summed E-state index contributed by atoms with van der Waals surface area (Å²) in [6.45, 7) is 8.50. The van der Waals surface area contributed by atoms with Crippen LogP contribution in [0, 0.1) is 5.82 Å². The third-order valence-electron chi connectivity index (χ3n) is 3.95. The molecule has 22 heavy (non-hydrogen) atoms. The van der Waals surface area contributed by atoms with Crippen LogP contribution in [0.2, 0.25) is 5.02 Å². The third kappa shape index (κ3) is 4.43. The minimum Gasteiger partial charge on any atom is -0.353 e. The Morgan fingerprint density at radius 2 is 1.91 bits per heavy atom. The lowest BCUT2D eigenvalue weighted by atomic mass is 9.79. The number of carbonyl (C=O) groups is 1. The van der Waals surface area contributed by atoms with Crippen molar-refractivity contribution in [2.45, 2.75) is 64.1 Å². The van der Waals surface area contributed by atoms with Crippen molar-refractivity contribution in [3.05, 3.63) is 34.6 Å². The SMILES string of the molecule is CC1(C)CC(NC(=O)Cc2c(F)cccc2Cl)CC(C)(C)N1. The second-order valence-electron chi connectivity index (χ2n) is 7.44. The Hall–Kier alpha value is -1.13. The highest BCUT2D eigenvalue weighted by atomic mass is 35.5. The van der Waals surface area contributed by atoms with Crippen LogP contribution >= 0.6 is 11.6 Å². The van der Waals surface area contributed by atoms with Gasteiger partial charge in [0.2, 0.25) is 5.91 Å². The molecule has 122 valence electrons. The lowest BCUT2D eigenvalue weighted by molar-refractivity contribution is -0.121. The molecular formula is C17H24ClFN2O. The smallest absolute Gasteiger partial charge is 0.224 e. The van der Waals surface area contributed by atoms with E-state index < -0.39 is 5.82 Å². The van der Waals surface area contributed by atoms with Gasteiger partial charge in [0.15, 0.2) is 0 Å². The van der Waals surface area contributed by atoms with Crippen LogP contribution in [0.25, 0.3) is 0 Å². The van der Waals surface area contributed by atoms with Gasteiger partial charge in [-0.05, 0) is 52.7 Å². The molecule has 0 saturated carbocycles. The van der Waals surface area contributed by atoms with Gasteiger partial charge in [-0.3, -0.25) is 4.79 Å². The van der Waals surface area contributed by atoms with Crippen molar-refractivity contribution in [2.75, 3.05) is 0 Å². The average molecular weight is 327 g/mol. The summed E-state index contributed by atoms with van der Waals surface area (Å²) in [7, 11) is 0. The highest BCUT2D eigenvalue weighted by Crippen LogP contribution is 2.28. The molecule has 1 aliphatic heterocycles. The third-order valence-corrected chi connectivity index (χ3v) is 4.31. The maximum Gasteiger partial charge on any atom is 0.224 e. The molecule has 1 fully saturated rings. The summed E-state index contributed by atoms with van der Waals surface area (Å²) in [5.41, 5.74) is 0.166. The van der Waals surface area contributed by atoms with E-state index in [4.69, 9.17) is 11.6 Å². The molecule has 5 heteroatoms. The molecular weight excluding hydrogens is 303 g/mol. The van der Waals surface area contributed by atoms with Gasteiger partial charge in [0, 0.05) is 27.7 Å². The fraction of sp³-hybridized carbons (Fsp3) is 0.588. The zero-order valence-electron chi connectivity index (χ0n) is 13.6. The zero-order chi connectivity index (χ0) is 16.5. The predicted molar refractivity (Wildman–Crippen MR) is 87.6 cm³/mol. The van der Waals surface area contributed by atoms with E-state index in [-0.39, 0.29) is 35.0 Å².